The van der Waals surface area contributed by atoms with Crippen LogP contribution in [0.15, 0.2) is 33.2 Å². The van der Waals surface area contributed by atoms with E-state index < -0.39 is 5.97 Å². The molecule has 0 aliphatic carbocycles. The van der Waals surface area contributed by atoms with Gasteiger partial charge in [-0.05, 0) is 32.0 Å². The summed E-state index contributed by atoms with van der Waals surface area (Å²) in [5, 5.41) is 0. The summed E-state index contributed by atoms with van der Waals surface area (Å²) in [6.45, 7) is 3.78. The zero-order valence-electron chi connectivity index (χ0n) is 10.1. The van der Waals surface area contributed by atoms with Crippen LogP contribution in [0.2, 0.25) is 0 Å². The monoisotopic (exact) mass is 309 g/mol. The van der Waals surface area contributed by atoms with Crippen LogP contribution in [0.4, 0.5) is 0 Å². The highest BCUT2D eigenvalue weighted by Crippen LogP contribution is 2.24. The van der Waals surface area contributed by atoms with Crippen molar-refractivity contribution in [2.24, 2.45) is 0 Å². The van der Waals surface area contributed by atoms with Crippen LogP contribution < -0.4 is 0 Å². The number of halogens is 1. The fourth-order valence-electron chi connectivity index (χ4n) is 1.53. The highest BCUT2D eigenvalue weighted by molar-refractivity contribution is 9.10. The van der Waals surface area contributed by atoms with Crippen molar-refractivity contribution in [1.29, 1.82) is 0 Å². The van der Waals surface area contributed by atoms with Crippen LogP contribution in [0.5, 0.6) is 0 Å². The molecule has 0 spiro atoms. The van der Waals surface area contributed by atoms with E-state index in [1.54, 1.807) is 13.8 Å². The van der Waals surface area contributed by atoms with Crippen molar-refractivity contribution in [1.82, 2.24) is 4.98 Å². The molecule has 0 aliphatic rings. The summed E-state index contributed by atoms with van der Waals surface area (Å²) in [5.41, 5.74) is 1.34. The van der Waals surface area contributed by atoms with E-state index in [0.717, 1.165) is 10.0 Å². The maximum Gasteiger partial charge on any atom is 0.376 e. The van der Waals surface area contributed by atoms with Gasteiger partial charge >= 0.3 is 5.97 Å². The molecular formula is C13H12BrNO3. The Morgan fingerprint density at radius 3 is 2.94 bits per heavy atom. The molecule has 1 heterocycles. The summed E-state index contributed by atoms with van der Waals surface area (Å²) in [6.07, 6.45) is 0. The second-order valence-corrected chi connectivity index (χ2v) is 4.58. The van der Waals surface area contributed by atoms with Gasteiger partial charge in [0.25, 0.3) is 0 Å². The second kappa shape index (κ2) is 5.35. The van der Waals surface area contributed by atoms with Crippen LogP contribution in [0.3, 0.4) is 0 Å². The Labute approximate surface area is 113 Å². The minimum atomic E-state index is -0.483. The summed E-state index contributed by atoms with van der Waals surface area (Å²) in [5.74, 6) is 0.0902. The number of hydrogen-bond donors (Lipinski definition) is 0. The number of aromatic nitrogens is 1. The molecular weight excluding hydrogens is 298 g/mol. The lowest BCUT2D eigenvalue weighted by Crippen LogP contribution is -2.04. The molecule has 2 aromatic rings. The predicted octanol–water partition coefficient (Wildman–Crippen LogP) is 3.59. The molecule has 4 nitrogen and oxygen atoms in total. The second-order valence-electron chi connectivity index (χ2n) is 3.66. The summed E-state index contributed by atoms with van der Waals surface area (Å²) in [4.78, 5) is 15.8. The molecule has 0 amide bonds. The smallest absolute Gasteiger partial charge is 0.376 e. The Morgan fingerprint density at radius 1 is 1.50 bits per heavy atom. The summed E-state index contributed by atoms with van der Waals surface area (Å²) < 4.78 is 11.3. The highest BCUT2D eigenvalue weighted by Gasteiger charge is 2.19. The zero-order valence-corrected chi connectivity index (χ0v) is 11.7. The van der Waals surface area contributed by atoms with Crippen molar-refractivity contribution in [3.8, 4) is 11.5 Å². The number of carbonyl (C=O) groups excluding carboxylic acids is 1. The van der Waals surface area contributed by atoms with Crippen LogP contribution in [0.25, 0.3) is 11.5 Å². The number of carbonyl (C=O) groups is 1. The van der Waals surface area contributed by atoms with Gasteiger partial charge in [0.15, 0.2) is 0 Å². The fraction of sp³-hybridized carbons (Fsp3) is 0.231. The van der Waals surface area contributed by atoms with Crippen LogP contribution in [-0.2, 0) is 4.74 Å². The lowest BCUT2D eigenvalue weighted by atomic mass is 10.2. The number of ether oxygens (including phenoxy) is 1. The molecule has 0 saturated heterocycles. The minimum absolute atomic E-state index is 0.159. The molecule has 0 atom stereocenters. The molecule has 18 heavy (non-hydrogen) atoms. The van der Waals surface area contributed by atoms with E-state index in [1.165, 1.54) is 0 Å². The Kier molecular flexibility index (Phi) is 3.81. The number of benzene rings is 1. The topological polar surface area (TPSA) is 52.3 Å². The maximum atomic E-state index is 11.6. The first-order valence-corrected chi connectivity index (χ1v) is 6.31. The average molecular weight is 310 g/mol. The van der Waals surface area contributed by atoms with Gasteiger partial charge in [-0.25, -0.2) is 9.78 Å². The van der Waals surface area contributed by atoms with E-state index in [-0.39, 0.29) is 5.76 Å². The van der Waals surface area contributed by atoms with Gasteiger partial charge in [0.2, 0.25) is 11.7 Å². The third kappa shape index (κ3) is 2.61. The number of hydrogen-bond acceptors (Lipinski definition) is 4. The molecule has 0 bridgehead atoms. The van der Waals surface area contributed by atoms with Gasteiger partial charge in [0.1, 0.15) is 0 Å². The quantitative estimate of drug-likeness (QED) is 0.813. The van der Waals surface area contributed by atoms with E-state index in [4.69, 9.17) is 9.15 Å². The Balaban J connectivity index is 2.37. The van der Waals surface area contributed by atoms with Crippen molar-refractivity contribution in [2.45, 2.75) is 13.8 Å². The van der Waals surface area contributed by atoms with Crippen molar-refractivity contribution in [3.63, 3.8) is 0 Å². The molecule has 0 aliphatic heterocycles. The number of nitrogens with zero attached hydrogens (tertiary/aromatic N) is 1. The third-order valence-corrected chi connectivity index (χ3v) is 2.82. The standard InChI is InChI=1S/C13H12BrNO3/c1-3-17-13(16)11-8(2)15-12(18-11)9-5-4-6-10(14)7-9/h4-7H,3H2,1-2H3. The number of aryl methyl sites for hydroxylation is 1. The Hall–Kier alpha value is -1.62. The van der Waals surface area contributed by atoms with Crippen molar-refractivity contribution < 1.29 is 13.9 Å². The van der Waals surface area contributed by atoms with Gasteiger partial charge in [0, 0.05) is 10.0 Å². The number of oxazole rings is 1. The molecule has 0 unspecified atom stereocenters. The minimum Gasteiger partial charge on any atom is -0.460 e. The molecule has 0 radical (unpaired) electrons. The molecule has 94 valence electrons. The van der Waals surface area contributed by atoms with E-state index in [0.29, 0.717) is 18.2 Å². The van der Waals surface area contributed by atoms with Crippen molar-refractivity contribution in [2.75, 3.05) is 6.61 Å². The van der Waals surface area contributed by atoms with Gasteiger partial charge in [-0.3, -0.25) is 0 Å². The van der Waals surface area contributed by atoms with Crippen LogP contribution in [0, 0.1) is 6.92 Å². The molecule has 1 aromatic carbocycles. The van der Waals surface area contributed by atoms with Crippen LogP contribution >= 0.6 is 15.9 Å². The zero-order chi connectivity index (χ0) is 13.1. The third-order valence-electron chi connectivity index (χ3n) is 2.33. The van der Waals surface area contributed by atoms with E-state index in [9.17, 15) is 4.79 Å². The molecule has 5 heteroatoms. The summed E-state index contributed by atoms with van der Waals surface area (Å²) >= 11 is 3.38. The summed E-state index contributed by atoms with van der Waals surface area (Å²) in [7, 11) is 0. The Morgan fingerprint density at radius 2 is 2.28 bits per heavy atom. The van der Waals surface area contributed by atoms with Gasteiger partial charge in [-0.15, -0.1) is 0 Å². The normalized spacial score (nSPS) is 10.4. The number of rotatable bonds is 3. The first-order chi connectivity index (χ1) is 8.61. The summed E-state index contributed by atoms with van der Waals surface area (Å²) in [6, 6.07) is 7.53. The maximum absolute atomic E-state index is 11.6. The molecule has 0 N–H and O–H groups in total. The van der Waals surface area contributed by atoms with E-state index in [1.807, 2.05) is 24.3 Å². The lowest BCUT2D eigenvalue weighted by molar-refractivity contribution is 0.0490. The van der Waals surface area contributed by atoms with E-state index in [2.05, 4.69) is 20.9 Å². The first-order valence-electron chi connectivity index (χ1n) is 5.52. The molecule has 2 rings (SSSR count). The highest BCUT2D eigenvalue weighted by atomic mass is 79.9. The van der Waals surface area contributed by atoms with Crippen LogP contribution in [-0.4, -0.2) is 17.6 Å². The Bertz CT molecular complexity index is 577. The van der Waals surface area contributed by atoms with Gasteiger partial charge in [-0.2, -0.15) is 0 Å². The average Bonchev–Trinajstić information content (AvgIpc) is 2.72. The van der Waals surface area contributed by atoms with Gasteiger partial charge in [0.05, 0.1) is 12.3 Å². The molecule has 1 aromatic heterocycles. The van der Waals surface area contributed by atoms with E-state index >= 15 is 0 Å². The van der Waals surface area contributed by atoms with Gasteiger partial charge in [-0.1, -0.05) is 22.0 Å². The SMILES string of the molecule is CCOC(=O)c1oc(-c2cccc(Br)c2)nc1C. The fourth-order valence-corrected chi connectivity index (χ4v) is 1.93. The van der Waals surface area contributed by atoms with Crippen molar-refractivity contribution >= 4 is 21.9 Å². The van der Waals surface area contributed by atoms with Gasteiger partial charge < -0.3 is 9.15 Å². The number of esters is 1. The van der Waals surface area contributed by atoms with Crippen molar-refractivity contribution in [3.05, 3.63) is 40.2 Å². The molecule has 0 fully saturated rings. The first kappa shape index (κ1) is 12.8. The molecule has 0 saturated carbocycles. The van der Waals surface area contributed by atoms with Crippen LogP contribution in [0.1, 0.15) is 23.2 Å². The largest absolute Gasteiger partial charge is 0.460 e. The predicted molar refractivity (Wildman–Crippen MR) is 70.3 cm³/mol. The lowest BCUT2D eigenvalue weighted by Gasteiger charge is -1.98.